The summed E-state index contributed by atoms with van der Waals surface area (Å²) in [6.07, 6.45) is 1.66. The zero-order valence-corrected chi connectivity index (χ0v) is 18.3. The molecule has 4 rings (SSSR count). The number of thiazole rings is 1. The number of anilines is 1. The van der Waals surface area contributed by atoms with Gasteiger partial charge in [-0.05, 0) is 30.3 Å². The van der Waals surface area contributed by atoms with E-state index in [1.807, 2.05) is 18.2 Å². The molecule has 3 aromatic rings. The summed E-state index contributed by atoms with van der Waals surface area (Å²) in [6.45, 7) is 1.22. The van der Waals surface area contributed by atoms with Gasteiger partial charge in [-0.25, -0.2) is 13.4 Å². The summed E-state index contributed by atoms with van der Waals surface area (Å²) in [7, 11) is -2.33. The Morgan fingerprint density at radius 3 is 2.71 bits per heavy atom. The molecule has 0 bridgehead atoms. The first-order chi connectivity index (χ1) is 15.0. The van der Waals surface area contributed by atoms with Crippen LogP contribution >= 0.6 is 11.3 Å². The van der Waals surface area contributed by atoms with Gasteiger partial charge in [0.05, 0.1) is 36.5 Å². The van der Waals surface area contributed by atoms with Crippen molar-refractivity contribution in [2.75, 3.05) is 38.7 Å². The van der Waals surface area contributed by atoms with E-state index in [-0.39, 0.29) is 29.3 Å². The SMILES string of the molecule is COc1ccc(S(=O)(=O)N2CCOCC2)cc1C(=O)Nc1nc(-c2ccccn2)cs1. The molecule has 162 valence electrons. The molecule has 0 atom stereocenters. The van der Waals surface area contributed by atoms with Gasteiger partial charge in [0.2, 0.25) is 10.0 Å². The fourth-order valence-corrected chi connectivity index (χ4v) is 5.22. The molecule has 2 aromatic heterocycles. The largest absolute Gasteiger partial charge is 0.496 e. The first-order valence-electron chi connectivity index (χ1n) is 9.43. The number of nitrogens with one attached hydrogen (secondary N) is 1. The molecule has 0 saturated carbocycles. The molecule has 0 aliphatic carbocycles. The Labute approximate surface area is 183 Å². The van der Waals surface area contributed by atoms with E-state index in [0.717, 1.165) is 0 Å². The topological polar surface area (TPSA) is 111 Å². The average Bonchev–Trinajstić information content (AvgIpc) is 3.28. The van der Waals surface area contributed by atoms with E-state index < -0.39 is 15.9 Å². The van der Waals surface area contributed by atoms with Gasteiger partial charge in [-0.3, -0.25) is 15.1 Å². The molecule has 0 spiro atoms. The van der Waals surface area contributed by atoms with Gasteiger partial charge in [-0.15, -0.1) is 11.3 Å². The number of carbonyl (C=O) groups excluding carboxylic acids is 1. The minimum Gasteiger partial charge on any atom is -0.496 e. The minimum absolute atomic E-state index is 0.0219. The van der Waals surface area contributed by atoms with Crippen molar-refractivity contribution in [3.63, 3.8) is 0 Å². The molecule has 31 heavy (non-hydrogen) atoms. The molecular weight excluding hydrogens is 440 g/mol. The first-order valence-corrected chi connectivity index (χ1v) is 11.8. The smallest absolute Gasteiger partial charge is 0.261 e. The third kappa shape index (κ3) is 4.59. The summed E-state index contributed by atoms with van der Waals surface area (Å²) in [6, 6.07) is 9.72. The summed E-state index contributed by atoms with van der Waals surface area (Å²) in [5.74, 6) is -0.252. The van der Waals surface area contributed by atoms with Crippen LogP contribution in [-0.2, 0) is 14.8 Å². The number of hydrogen-bond donors (Lipinski definition) is 1. The summed E-state index contributed by atoms with van der Waals surface area (Å²) in [5.41, 5.74) is 1.43. The van der Waals surface area contributed by atoms with E-state index in [1.165, 1.54) is 41.0 Å². The number of aromatic nitrogens is 2. The van der Waals surface area contributed by atoms with E-state index in [9.17, 15) is 13.2 Å². The number of sulfonamides is 1. The third-order valence-electron chi connectivity index (χ3n) is 4.68. The highest BCUT2D eigenvalue weighted by Gasteiger charge is 2.28. The molecule has 1 aliphatic heterocycles. The van der Waals surface area contributed by atoms with Crippen LogP contribution in [0.5, 0.6) is 5.75 Å². The van der Waals surface area contributed by atoms with Crippen LogP contribution in [0.2, 0.25) is 0 Å². The van der Waals surface area contributed by atoms with Gasteiger partial charge in [-0.2, -0.15) is 4.31 Å². The normalized spacial score (nSPS) is 14.9. The van der Waals surface area contributed by atoms with Crippen LogP contribution in [0.4, 0.5) is 5.13 Å². The number of hydrogen-bond acceptors (Lipinski definition) is 8. The highest BCUT2D eigenvalue weighted by atomic mass is 32.2. The second-order valence-electron chi connectivity index (χ2n) is 6.59. The van der Waals surface area contributed by atoms with Crippen molar-refractivity contribution in [3.05, 3.63) is 53.5 Å². The lowest BCUT2D eigenvalue weighted by molar-refractivity contribution is 0.0730. The maximum atomic E-state index is 13.0. The Morgan fingerprint density at radius 1 is 1.19 bits per heavy atom. The predicted octanol–water partition coefficient (Wildman–Crippen LogP) is 2.49. The number of methoxy groups -OCH3 is 1. The summed E-state index contributed by atoms with van der Waals surface area (Å²) < 4.78 is 37.8. The summed E-state index contributed by atoms with van der Waals surface area (Å²) in [4.78, 5) is 21.6. The van der Waals surface area contributed by atoms with Gasteiger partial charge in [0, 0.05) is 24.7 Å². The monoisotopic (exact) mass is 460 g/mol. The van der Waals surface area contributed by atoms with E-state index in [0.29, 0.717) is 29.7 Å². The van der Waals surface area contributed by atoms with Crippen LogP contribution in [0.15, 0.2) is 52.9 Å². The van der Waals surface area contributed by atoms with Gasteiger partial charge in [0.1, 0.15) is 11.4 Å². The predicted molar refractivity (Wildman–Crippen MR) is 116 cm³/mol. The summed E-state index contributed by atoms with van der Waals surface area (Å²) in [5, 5.41) is 4.87. The number of rotatable bonds is 6. The molecule has 0 unspecified atom stereocenters. The van der Waals surface area contributed by atoms with Crippen LogP contribution in [0.25, 0.3) is 11.4 Å². The van der Waals surface area contributed by atoms with Crippen molar-refractivity contribution in [1.82, 2.24) is 14.3 Å². The molecule has 11 heteroatoms. The lowest BCUT2D eigenvalue weighted by atomic mass is 10.2. The Balaban J connectivity index is 1.59. The van der Waals surface area contributed by atoms with Crippen molar-refractivity contribution in [2.24, 2.45) is 0 Å². The fourth-order valence-electron chi connectivity index (χ4n) is 3.09. The molecule has 9 nitrogen and oxygen atoms in total. The number of carbonyl (C=O) groups is 1. The zero-order valence-electron chi connectivity index (χ0n) is 16.6. The number of benzene rings is 1. The van der Waals surface area contributed by atoms with Crippen molar-refractivity contribution < 1.29 is 22.7 Å². The van der Waals surface area contributed by atoms with E-state index >= 15 is 0 Å². The van der Waals surface area contributed by atoms with Crippen molar-refractivity contribution in [3.8, 4) is 17.1 Å². The molecule has 3 heterocycles. The molecule has 1 aromatic carbocycles. The van der Waals surface area contributed by atoms with Gasteiger partial charge in [0.25, 0.3) is 5.91 Å². The van der Waals surface area contributed by atoms with E-state index in [4.69, 9.17) is 9.47 Å². The second-order valence-corrected chi connectivity index (χ2v) is 9.38. The Hall–Kier alpha value is -2.86. The van der Waals surface area contributed by atoms with Crippen LogP contribution in [0, 0.1) is 0 Å². The van der Waals surface area contributed by atoms with Crippen LogP contribution < -0.4 is 10.1 Å². The zero-order chi connectivity index (χ0) is 21.8. The molecule has 1 aliphatic rings. The molecular formula is C20H20N4O5S2. The first kappa shape index (κ1) is 21.4. The molecule has 1 amide bonds. The maximum absolute atomic E-state index is 13.0. The Morgan fingerprint density at radius 2 is 2.00 bits per heavy atom. The Kier molecular flexibility index (Phi) is 6.28. The Bertz CT molecular complexity index is 1180. The molecule has 1 N–H and O–H groups in total. The van der Waals surface area contributed by atoms with Crippen molar-refractivity contribution in [2.45, 2.75) is 4.90 Å². The lowest BCUT2D eigenvalue weighted by Crippen LogP contribution is -2.40. The molecule has 1 fully saturated rings. The van der Waals surface area contributed by atoms with Crippen LogP contribution in [-0.4, -0.2) is 62.0 Å². The van der Waals surface area contributed by atoms with Gasteiger partial charge in [-0.1, -0.05) is 6.07 Å². The molecule has 0 radical (unpaired) electrons. The lowest BCUT2D eigenvalue weighted by Gasteiger charge is -2.26. The fraction of sp³-hybridized carbons (Fsp3) is 0.250. The minimum atomic E-state index is -3.75. The van der Waals surface area contributed by atoms with Crippen LogP contribution in [0.3, 0.4) is 0 Å². The standard InChI is InChI=1S/C20H20N4O5S2/c1-28-18-6-5-14(31(26,27)24-8-10-29-11-9-24)12-15(18)19(25)23-20-22-17(13-30-20)16-4-2-3-7-21-16/h2-7,12-13H,8-11H2,1H3,(H,22,23,25). The number of ether oxygens (including phenoxy) is 2. The quantitative estimate of drug-likeness (QED) is 0.602. The number of pyridine rings is 1. The number of nitrogens with zero attached hydrogens (tertiary/aromatic N) is 3. The highest BCUT2D eigenvalue weighted by molar-refractivity contribution is 7.89. The average molecular weight is 461 g/mol. The second kappa shape index (κ2) is 9.10. The van der Waals surface area contributed by atoms with Crippen molar-refractivity contribution in [1.29, 1.82) is 0 Å². The van der Waals surface area contributed by atoms with Crippen LogP contribution in [0.1, 0.15) is 10.4 Å². The van der Waals surface area contributed by atoms with Gasteiger partial charge in [0.15, 0.2) is 5.13 Å². The van der Waals surface area contributed by atoms with E-state index in [1.54, 1.807) is 11.6 Å². The van der Waals surface area contributed by atoms with Gasteiger partial charge >= 0.3 is 0 Å². The number of amides is 1. The maximum Gasteiger partial charge on any atom is 0.261 e. The van der Waals surface area contributed by atoms with Gasteiger partial charge < -0.3 is 9.47 Å². The molecule has 1 saturated heterocycles. The van der Waals surface area contributed by atoms with Crippen molar-refractivity contribution >= 4 is 32.4 Å². The third-order valence-corrected chi connectivity index (χ3v) is 7.33. The summed E-state index contributed by atoms with van der Waals surface area (Å²) >= 11 is 1.25. The number of morpholine rings is 1. The highest BCUT2D eigenvalue weighted by Crippen LogP contribution is 2.28. The van der Waals surface area contributed by atoms with E-state index in [2.05, 4.69) is 15.3 Å².